The van der Waals surface area contributed by atoms with Gasteiger partial charge in [-0.3, -0.25) is 4.99 Å². The molecule has 0 aromatic carbocycles. The van der Waals surface area contributed by atoms with Crippen molar-refractivity contribution in [2.75, 3.05) is 32.7 Å². The summed E-state index contributed by atoms with van der Waals surface area (Å²) in [5, 5.41) is 3.16. The Morgan fingerprint density at radius 1 is 1.24 bits per heavy atom. The maximum absolute atomic E-state index is 5.74. The zero-order valence-electron chi connectivity index (χ0n) is 12.0. The standard InChI is InChI=1S/C13H30N4/c1-5-17(6-2)10-8-7-9-15-13(14)16-11-12(3)4/h12H,5-11H2,1-4H3,(H3,14,15,16). The largest absolute Gasteiger partial charge is 0.370 e. The molecule has 102 valence electrons. The van der Waals surface area contributed by atoms with Gasteiger partial charge in [0.2, 0.25) is 0 Å². The highest BCUT2D eigenvalue weighted by molar-refractivity contribution is 5.77. The fourth-order valence-electron chi connectivity index (χ4n) is 1.55. The van der Waals surface area contributed by atoms with Crippen molar-refractivity contribution in [1.29, 1.82) is 0 Å². The van der Waals surface area contributed by atoms with Crippen molar-refractivity contribution in [2.24, 2.45) is 16.6 Å². The maximum atomic E-state index is 5.74. The van der Waals surface area contributed by atoms with Gasteiger partial charge in [-0.15, -0.1) is 0 Å². The molecule has 0 rings (SSSR count). The second kappa shape index (κ2) is 10.4. The molecule has 0 bridgehead atoms. The van der Waals surface area contributed by atoms with Gasteiger partial charge in [-0.2, -0.15) is 0 Å². The summed E-state index contributed by atoms with van der Waals surface area (Å²) in [5.74, 6) is 1.15. The van der Waals surface area contributed by atoms with E-state index in [9.17, 15) is 0 Å². The topological polar surface area (TPSA) is 53.6 Å². The summed E-state index contributed by atoms with van der Waals surface area (Å²) < 4.78 is 0. The van der Waals surface area contributed by atoms with E-state index in [1.807, 2.05) is 0 Å². The lowest BCUT2D eigenvalue weighted by molar-refractivity contribution is 0.297. The molecular formula is C13H30N4. The minimum absolute atomic E-state index is 0.568. The predicted octanol–water partition coefficient (Wildman–Crippen LogP) is 1.67. The second-order valence-corrected chi connectivity index (χ2v) is 4.78. The molecule has 0 spiro atoms. The van der Waals surface area contributed by atoms with Crippen molar-refractivity contribution >= 4 is 5.96 Å². The van der Waals surface area contributed by atoms with Crippen LogP contribution in [0.3, 0.4) is 0 Å². The summed E-state index contributed by atoms with van der Waals surface area (Å²) in [4.78, 5) is 6.70. The van der Waals surface area contributed by atoms with Crippen molar-refractivity contribution in [3.63, 3.8) is 0 Å². The minimum Gasteiger partial charge on any atom is -0.370 e. The summed E-state index contributed by atoms with van der Waals surface area (Å²) in [7, 11) is 0. The van der Waals surface area contributed by atoms with Crippen LogP contribution in [0.1, 0.15) is 40.5 Å². The van der Waals surface area contributed by atoms with Crippen LogP contribution in [0.5, 0.6) is 0 Å². The number of nitrogens with zero attached hydrogens (tertiary/aromatic N) is 2. The number of hydrogen-bond acceptors (Lipinski definition) is 2. The first kappa shape index (κ1) is 16.2. The third-order valence-corrected chi connectivity index (χ3v) is 2.73. The number of unbranched alkanes of at least 4 members (excludes halogenated alkanes) is 1. The van der Waals surface area contributed by atoms with Gasteiger partial charge >= 0.3 is 0 Å². The number of hydrogen-bond donors (Lipinski definition) is 2. The fourth-order valence-corrected chi connectivity index (χ4v) is 1.55. The zero-order valence-corrected chi connectivity index (χ0v) is 12.0. The summed E-state index contributed by atoms with van der Waals surface area (Å²) in [6.07, 6.45) is 2.36. The van der Waals surface area contributed by atoms with Crippen molar-refractivity contribution < 1.29 is 0 Å². The van der Waals surface area contributed by atoms with Crippen LogP contribution < -0.4 is 11.1 Å². The molecule has 0 fully saturated rings. The van der Waals surface area contributed by atoms with Crippen molar-refractivity contribution in [3.8, 4) is 0 Å². The van der Waals surface area contributed by atoms with Crippen LogP contribution in [0.2, 0.25) is 0 Å². The van der Waals surface area contributed by atoms with Gasteiger partial charge in [-0.05, 0) is 38.4 Å². The first-order chi connectivity index (χ1) is 8.10. The average molecular weight is 242 g/mol. The first-order valence-electron chi connectivity index (χ1n) is 6.86. The van der Waals surface area contributed by atoms with E-state index >= 15 is 0 Å². The third kappa shape index (κ3) is 10.1. The molecule has 0 aliphatic carbocycles. The molecule has 17 heavy (non-hydrogen) atoms. The predicted molar refractivity (Wildman–Crippen MR) is 76.4 cm³/mol. The molecule has 0 aliphatic heterocycles. The van der Waals surface area contributed by atoms with Gasteiger partial charge in [0, 0.05) is 13.1 Å². The van der Waals surface area contributed by atoms with E-state index in [0.717, 1.165) is 32.6 Å². The van der Waals surface area contributed by atoms with Gasteiger partial charge in [-0.1, -0.05) is 27.7 Å². The quantitative estimate of drug-likeness (QED) is 0.367. The molecule has 0 radical (unpaired) electrons. The van der Waals surface area contributed by atoms with Gasteiger partial charge in [0.05, 0.1) is 0 Å². The monoisotopic (exact) mass is 242 g/mol. The molecule has 4 nitrogen and oxygen atoms in total. The molecule has 0 aromatic heterocycles. The summed E-state index contributed by atoms with van der Waals surface area (Å²) in [6.45, 7) is 13.9. The molecule has 4 heteroatoms. The molecule has 0 saturated heterocycles. The number of nitrogens with two attached hydrogens (primary N) is 1. The normalized spacial score (nSPS) is 12.5. The van der Waals surface area contributed by atoms with Gasteiger partial charge in [0.25, 0.3) is 0 Å². The molecule has 0 heterocycles. The van der Waals surface area contributed by atoms with Crippen LogP contribution in [-0.2, 0) is 0 Å². The lowest BCUT2D eigenvalue weighted by Gasteiger charge is -2.17. The zero-order chi connectivity index (χ0) is 13.1. The highest BCUT2D eigenvalue weighted by Gasteiger charge is 1.98. The lowest BCUT2D eigenvalue weighted by atomic mass is 10.2. The van der Waals surface area contributed by atoms with E-state index in [4.69, 9.17) is 5.73 Å². The molecule has 3 N–H and O–H groups in total. The fraction of sp³-hybridized carbons (Fsp3) is 0.923. The van der Waals surface area contributed by atoms with Gasteiger partial charge < -0.3 is 16.0 Å². The van der Waals surface area contributed by atoms with Gasteiger partial charge in [0.15, 0.2) is 5.96 Å². The van der Waals surface area contributed by atoms with E-state index in [1.165, 1.54) is 13.0 Å². The maximum Gasteiger partial charge on any atom is 0.188 e. The molecule has 0 aromatic rings. The SMILES string of the molecule is CCN(CC)CCCCNC(N)=NCC(C)C. The van der Waals surface area contributed by atoms with Crippen LogP contribution in [0.4, 0.5) is 0 Å². The van der Waals surface area contributed by atoms with Crippen LogP contribution in [0.25, 0.3) is 0 Å². The molecule has 0 amide bonds. The van der Waals surface area contributed by atoms with E-state index in [-0.39, 0.29) is 0 Å². The second-order valence-electron chi connectivity index (χ2n) is 4.78. The Hall–Kier alpha value is -0.770. The summed E-state index contributed by atoms with van der Waals surface area (Å²) in [5.41, 5.74) is 5.74. The number of rotatable bonds is 9. The highest BCUT2D eigenvalue weighted by atomic mass is 15.1. The Balaban J connectivity index is 3.47. The minimum atomic E-state index is 0.568. The Morgan fingerprint density at radius 3 is 2.41 bits per heavy atom. The smallest absolute Gasteiger partial charge is 0.188 e. The van der Waals surface area contributed by atoms with E-state index in [0.29, 0.717) is 11.9 Å². The van der Waals surface area contributed by atoms with E-state index in [1.54, 1.807) is 0 Å². The van der Waals surface area contributed by atoms with Crippen LogP contribution >= 0.6 is 0 Å². The van der Waals surface area contributed by atoms with Crippen molar-refractivity contribution in [3.05, 3.63) is 0 Å². The van der Waals surface area contributed by atoms with Gasteiger partial charge in [0.1, 0.15) is 0 Å². The number of aliphatic imine (C=N–C) groups is 1. The van der Waals surface area contributed by atoms with E-state index in [2.05, 4.69) is 42.9 Å². The van der Waals surface area contributed by atoms with Crippen LogP contribution in [0, 0.1) is 5.92 Å². The number of guanidine groups is 1. The lowest BCUT2D eigenvalue weighted by Crippen LogP contribution is -2.33. The van der Waals surface area contributed by atoms with Crippen molar-refractivity contribution in [2.45, 2.75) is 40.5 Å². The van der Waals surface area contributed by atoms with Crippen LogP contribution in [-0.4, -0.2) is 43.6 Å². The first-order valence-corrected chi connectivity index (χ1v) is 6.86. The van der Waals surface area contributed by atoms with Gasteiger partial charge in [-0.25, -0.2) is 0 Å². The molecule has 0 atom stereocenters. The summed E-state index contributed by atoms with van der Waals surface area (Å²) in [6, 6.07) is 0. The van der Waals surface area contributed by atoms with Crippen molar-refractivity contribution in [1.82, 2.24) is 10.2 Å². The van der Waals surface area contributed by atoms with Crippen LogP contribution in [0.15, 0.2) is 4.99 Å². The molecular weight excluding hydrogens is 212 g/mol. The Labute approximate surface area is 107 Å². The number of nitrogens with one attached hydrogen (secondary N) is 1. The Bertz CT molecular complexity index is 198. The Morgan fingerprint density at radius 2 is 1.88 bits per heavy atom. The molecule has 0 unspecified atom stereocenters. The highest BCUT2D eigenvalue weighted by Crippen LogP contribution is 1.94. The molecule has 0 aliphatic rings. The average Bonchev–Trinajstić information content (AvgIpc) is 2.31. The van der Waals surface area contributed by atoms with E-state index < -0.39 is 0 Å². The summed E-state index contributed by atoms with van der Waals surface area (Å²) >= 11 is 0. The Kier molecular flexibility index (Phi) is 9.92. The third-order valence-electron chi connectivity index (χ3n) is 2.73. The molecule has 0 saturated carbocycles.